The monoisotopic (exact) mass is 265 g/mol. The number of nitrogens with zero attached hydrogens (tertiary/aromatic N) is 2. The van der Waals surface area contributed by atoms with Gasteiger partial charge in [0.05, 0.1) is 6.04 Å². The van der Waals surface area contributed by atoms with E-state index in [1.165, 1.54) is 25.7 Å². The molecule has 1 saturated carbocycles. The second-order valence-corrected chi connectivity index (χ2v) is 6.62. The summed E-state index contributed by atoms with van der Waals surface area (Å²) in [4.78, 5) is 4.52. The highest BCUT2D eigenvalue weighted by molar-refractivity contribution is 5.00. The fourth-order valence-electron chi connectivity index (χ4n) is 2.88. The second-order valence-electron chi connectivity index (χ2n) is 6.62. The fraction of sp³-hybridized carbons (Fsp3) is 0.867. The summed E-state index contributed by atoms with van der Waals surface area (Å²) in [5.74, 6) is 3.90. The summed E-state index contributed by atoms with van der Waals surface area (Å²) in [6, 6.07) is -0.145. The maximum Gasteiger partial charge on any atom is 0.243 e. The van der Waals surface area contributed by atoms with Crippen LogP contribution in [-0.4, -0.2) is 10.1 Å². The summed E-state index contributed by atoms with van der Waals surface area (Å²) in [6.45, 7) is 8.78. The molecule has 108 valence electrons. The Morgan fingerprint density at radius 2 is 1.74 bits per heavy atom. The number of aromatic nitrogens is 2. The highest BCUT2D eigenvalue weighted by Gasteiger charge is 2.28. The van der Waals surface area contributed by atoms with Crippen LogP contribution in [0.25, 0.3) is 0 Å². The Balaban J connectivity index is 1.97. The molecule has 1 heterocycles. The average Bonchev–Trinajstić information content (AvgIpc) is 2.87. The zero-order valence-corrected chi connectivity index (χ0v) is 12.6. The first-order valence-corrected chi connectivity index (χ1v) is 7.58. The van der Waals surface area contributed by atoms with Crippen molar-refractivity contribution in [3.63, 3.8) is 0 Å². The molecule has 2 rings (SSSR count). The molecule has 1 aliphatic carbocycles. The molecule has 1 aliphatic rings. The summed E-state index contributed by atoms with van der Waals surface area (Å²) >= 11 is 0. The van der Waals surface area contributed by atoms with Crippen molar-refractivity contribution in [1.29, 1.82) is 0 Å². The molecule has 1 fully saturated rings. The van der Waals surface area contributed by atoms with E-state index in [0.717, 1.165) is 17.7 Å². The average molecular weight is 265 g/mol. The molecular weight excluding hydrogens is 238 g/mol. The summed E-state index contributed by atoms with van der Waals surface area (Å²) in [7, 11) is 0. The molecule has 4 heteroatoms. The van der Waals surface area contributed by atoms with Gasteiger partial charge in [-0.05, 0) is 43.4 Å². The van der Waals surface area contributed by atoms with Crippen molar-refractivity contribution in [1.82, 2.24) is 10.1 Å². The van der Waals surface area contributed by atoms with Gasteiger partial charge in [0, 0.05) is 5.92 Å². The first kappa shape index (κ1) is 14.5. The zero-order valence-electron chi connectivity index (χ0n) is 12.6. The van der Waals surface area contributed by atoms with E-state index in [2.05, 4.69) is 37.8 Å². The Hall–Kier alpha value is -0.900. The molecule has 0 aromatic carbocycles. The summed E-state index contributed by atoms with van der Waals surface area (Å²) in [5.41, 5.74) is 6.05. The van der Waals surface area contributed by atoms with Crippen molar-refractivity contribution in [2.75, 3.05) is 0 Å². The number of hydrogen-bond acceptors (Lipinski definition) is 4. The lowest BCUT2D eigenvalue weighted by Gasteiger charge is -2.29. The van der Waals surface area contributed by atoms with Gasteiger partial charge in [-0.2, -0.15) is 4.98 Å². The van der Waals surface area contributed by atoms with Gasteiger partial charge in [0.1, 0.15) is 0 Å². The highest BCUT2D eigenvalue weighted by atomic mass is 16.5. The van der Waals surface area contributed by atoms with Crippen LogP contribution in [0.1, 0.15) is 77.1 Å². The van der Waals surface area contributed by atoms with E-state index in [0.29, 0.717) is 17.7 Å². The Morgan fingerprint density at radius 1 is 1.11 bits per heavy atom. The molecule has 1 aromatic rings. The molecule has 0 bridgehead atoms. The Bertz CT molecular complexity index is 392. The number of hydrogen-bond donors (Lipinski definition) is 1. The van der Waals surface area contributed by atoms with Crippen LogP contribution in [0.2, 0.25) is 0 Å². The van der Waals surface area contributed by atoms with Crippen LogP contribution in [0.4, 0.5) is 0 Å². The predicted octanol–water partition coefficient (Wildman–Crippen LogP) is 3.66. The molecule has 19 heavy (non-hydrogen) atoms. The van der Waals surface area contributed by atoms with Gasteiger partial charge >= 0.3 is 0 Å². The molecule has 2 N–H and O–H groups in total. The Labute approximate surface area is 116 Å². The third-order valence-electron chi connectivity index (χ3n) is 4.54. The predicted molar refractivity (Wildman–Crippen MR) is 75.6 cm³/mol. The van der Waals surface area contributed by atoms with Gasteiger partial charge < -0.3 is 10.3 Å². The van der Waals surface area contributed by atoms with Crippen molar-refractivity contribution in [3.8, 4) is 0 Å². The Morgan fingerprint density at radius 3 is 2.26 bits per heavy atom. The van der Waals surface area contributed by atoms with Crippen LogP contribution in [-0.2, 0) is 0 Å². The Kier molecular flexibility index (Phi) is 4.61. The van der Waals surface area contributed by atoms with Crippen molar-refractivity contribution in [2.45, 2.75) is 65.3 Å². The summed E-state index contributed by atoms with van der Waals surface area (Å²) in [5, 5.41) is 4.15. The molecule has 0 unspecified atom stereocenters. The molecule has 0 saturated heterocycles. The number of rotatable bonds is 4. The van der Waals surface area contributed by atoms with Gasteiger partial charge in [0.15, 0.2) is 5.82 Å². The first-order chi connectivity index (χ1) is 8.99. The summed E-state index contributed by atoms with van der Waals surface area (Å²) in [6.07, 6.45) is 4.92. The zero-order chi connectivity index (χ0) is 14.0. The lowest BCUT2D eigenvalue weighted by Crippen LogP contribution is -2.19. The van der Waals surface area contributed by atoms with Gasteiger partial charge in [0.25, 0.3) is 0 Å². The van der Waals surface area contributed by atoms with Gasteiger partial charge in [-0.15, -0.1) is 0 Å². The fourth-order valence-corrected chi connectivity index (χ4v) is 2.88. The van der Waals surface area contributed by atoms with E-state index in [1.807, 2.05) is 0 Å². The molecule has 0 spiro atoms. The second kappa shape index (κ2) is 6.04. The molecular formula is C15H27N3O. The van der Waals surface area contributed by atoms with Crippen LogP contribution >= 0.6 is 0 Å². The SMILES string of the molecule is CC(C)C1CCC(c2noc([C@H](N)C(C)C)n2)CC1. The van der Waals surface area contributed by atoms with Crippen LogP contribution < -0.4 is 5.73 Å². The number of nitrogens with two attached hydrogens (primary N) is 1. The lowest BCUT2D eigenvalue weighted by molar-refractivity contribution is 0.251. The summed E-state index contributed by atoms with van der Waals surface area (Å²) < 4.78 is 5.33. The van der Waals surface area contributed by atoms with Gasteiger partial charge in [-0.3, -0.25) is 0 Å². The largest absolute Gasteiger partial charge is 0.338 e. The first-order valence-electron chi connectivity index (χ1n) is 7.58. The minimum Gasteiger partial charge on any atom is -0.338 e. The van der Waals surface area contributed by atoms with E-state index in [4.69, 9.17) is 10.3 Å². The van der Waals surface area contributed by atoms with E-state index < -0.39 is 0 Å². The van der Waals surface area contributed by atoms with E-state index in [1.54, 1.807) is 0 Å². The maximum absolute atomic E-state index is 6.05. The lowest BCUT2D eigenvalue weighted by atomic mass is 9.77. The van der Waals surface area contributed by atoms with Crippen LogP contribution in [0.15, 0.2) is 4.52 Å². The van der Waals surface area contributed by atoms with Crippen molar-refractivity contribution in [3.05, 3.63) is 11.7 Å². The van der Waals surface area contributed by atoms with Crippen LogP contribution in [0.5, 0.6) is 0 Å². The van der Waals surface area contributed by atoms with Crippen LogP contribution in [0, 0.1) is 17.8 Å². The third-order valence-corrected chi connectivity index (χ3v) is 4.54. The minimum atomic E-state index is -0.145. The highest BCUT2D eigenvalue weighted by Crippen LogP contribution is 2.37. The maximum atomic E-state index is 6.05. The molecule has 0 radical (unpaired) electrons. The molecule has 1 aromatic heterocycles. The normalized spacial score (nSPS) is 26.1. The minimum absolute atomic E-state index is 0.145. The molecule has 0 amide bonds. The molecule has 0 aliphatic heterocycles. The van der Waals surface area contributed by atoms with Crippen molar-refractivity contribution < 1.29 is 4.52 Å². The van der Waals surface area contributed by atoms with Crippen LogP contribution in [0.3, 0.4) is 0 Å². The van der Waals surface area contributed by atoms with Gasteiger partial charge in [-0.25, -0.2) is 0 Å². The smallest absolute Gasteiger partial charge is 0.243 e. The van der Waals surface area contributed by atoms with Gasteiger partial charge in [-0.1, -0.05) is 32.9 Å². The van der Waals surface area contributed by atoms with Crippen molar-refractivity contribution in [2.24, 2.45) is 23.5 Å². The third kappa shape index (κ3) is 3.35. The molecule has 1 atom stereocenters. The molecule has 4 nitrogen and oxygen atoms in total. The van der Waals surface area contributed by atoms with E-state index in [-0.39, 0.29) is 6.04 Å². The van der Waals surface area contributed by atoms with E-state index in [9.17, 15) is 0 Å². The van der Waals surface area contributed by atoms with Gasteiger partial charge in [0.2, 0.25) is 5.89 Å². The van der Waals surface area contributed by atoms with E-state index >= 15 is 0 Å². The quantitative estimate of drug-likeness (QED) is 0.902. The van der Waals surface area contributed by atoms with Crippen molar-refractivity contribution >= 4 is 0 Å². The standard InChI is InChI=1S/C15H27N3O/c1-9(2)11-5-7-12(8-6-11)14-17-15(19-18-14)13(16)10(3)4/h9-13H,5-8,16H2,1-4H3/t11?,12?,13-/m1/s1. The topological polar surface area (TPSA) is 64.9 Å².